The van der Waals surface area contributed by atoms with Crippen LogP contribution in [0.3, 0.4) is 0 Å². The molecule has 21 heavy (non-hydrogen) atoms. The first-order valence-corrected chi connectivity index (χ1v) is 7.07. The fourth-order valence-corrected chi connectivity index (χ4v) is 2.42. The molecular formula is C17H17N3O. The van der Waals surface area contributed by atoms with E-state index in [1.165, 1.54) is 0 Å². The molecule has 0 unspecified atom stereocenters. The van der Waals surface area contributed by atoms with Crippen LogP contribution in [0.15, 0.2) is 47.5 Å². The summed E-state index contributed by atoms with van der Waals surface area (Å²) in [7, 11) is 1.78. The number of fused-ring (bicyclic) bond motifs is 1. The highest BCUT2D eigenvalue weighted by molar-refractivity contribution is 6.18. The van der Waals surface area contributed by atoms with Crippen molar-refractivity contribution in [3.8, 4) is 0 Å². The van der Waals surface area contributed by atoms with Gasteiger partial charge in [0.1, 0.15) is 12.2 Å². The molecule has 1 aromatic heterocycles. The Bertz CT molecular complexity index is 707. The topological polar surface area (TPSA) is 45.6 Å². The van der Waals surface area contributed by atoms with Crippen molar-refractivity contribution < 1.29 is 4.79 Å². The molecule has 1 aromatic carbocycles. The first kappa shape index (κ1) is 13.5. The summed E-state index contributed by atoms with van der Waals surface area (Å²) in [4.78, 5) is 23.0. The molecule has 4 heteroatoms. The minimum atomic E-state index is -0.0202. The molecular weight excluding hydrogens is 262 g/mol. The van der Waals surface area contributed by atoms with Gasteiger partial charge in [-0.15, -0.1) is 0 Å². The van der Waals surface area contributed by atoms with E-state index in [0.717, 1.165) is 34.8 Å². The van der Waals surface area contributed by atoms with Crippen LogP contribution in [0.4, 0.5) is 5.69 Å². The van der Waals surface area contributed by atoms with Gasteiger partial charge in [-0.3, -0.25) is 9.79 Å². The van der Waals surface area contributed by atoms with E-state index in [2.05, 4.69) is 11.9 Å². The van der Waals surface area contributed by atoms with Gasteiger partial charge in [-0.25, -0.2) is 4.98 Å². The molecule has 0 saturated carbocycles. The Morgan fingerprint density at radius 3 is 2.62 bits per heavy atom. The lowest BCUT2D eigenvalue weighted by atomic mass is 10.0. The van der Waals surface area contributed by atoms with E-state index in [1.54, 1.807) is 11.9 Å². The lowest BCUT2D eigenvalue weighted by molar-refractivity contribution is -0.116. The van der Waals surface area contributed by atoms with E-state index in [9.17, 15) is 4.79 Å². The van der Waals surface area contributed by atoms with Crippen molar-refractivity contribution in [3.63, 3.8) is 0 Å². The number of hydrogen-bond acceptors (Lipinski definition) is 3. The van der Waals surface area contributed by atoms with Crippen LogP contribution in [0, 0.1) is 0 Å². The highest BCUT2D eigenvalue weighted by Crippen LogP contribution is 2.24. The maximum Gasteiger partial charge on any atom is 0.248 e. The molecule has 106 valence electrons. The summed E-state index contributed by atoms with van der Waals surface area (Å²) < 4.78 is 0. The summed E-state index contributed by atoms with van der Waals surface area (Å²) in [6.45, 7) is 2.22. The zero-order chi connectivity index (χ0) is 14.8. The van der Waals surface area contributed by atoms with Crippen LogP contribution in [0.5, 0.6) is 0 Å². The molecule has 0 fully saturated rings. The molecule has 0 N–H and O–H groups in total. The van der Waals surface area contributed by atoms with Gasteiger partial charge in [0.15, 0.2) is 0 Å². The average Bonchev–Trinajstić information content (AvgIpc) is 2.66. The number of aromatic nitrogens is 1. The third kappa shape index (κ3) is 2.44. The number of carbonyl (C=O) groups excluding carboxylic acids is 1. The molecule has 2 aromatic rings. The highest BCUT2D eigenvalue weighted by atomic mass is 16.2. The number of carbonyl (C=O) groups is 1. The van der Waals surface area contributed by atoms with Gasteiger partial charge in [-0.1, -0.05) is 37.3 Å². The number of anilines is 1. The smallest absolute Gasteiger partial charge is 0.248 e. The molecule has 0 bridgehead atoms. The van der Waals surface area contributed by atoms with Gasteiger partial charge >= 0.3 is 0 Å². The minimum absolute atomic E-state index is 0.0202. The molecule has 1 amide bonds. The predicted octanol–water partition coefficient (Wildman–Crippen LogP) is 2.46. The summed E-state index contributed by atoms with van der Waals surface area (Å²) >= 11 is 0. The Morgan fingerprint density at radius 2 is 1.90 bits per heavy atom. The molecule has 1 aliphatic rings. The van der Waals surface area contributed by atoms with Gasteiger partial charge in [-0.05, 0) is 18.6 Å². The van der Waals surface area contributed by atoms with Crippen LogP contribution in [-0.4, -0.2) is 30.2 Å². The Morgan fingerprint density at radius 1 is 1.14 bits per heavy atom. The summed E-state index contributed by atoms with van der Waals surface area (Å²) in [6, 6.07) is 13.8. The Labute approximate surface area is 124 Å². The number of pyridine rings is 1. The quantitative estimate of drug-likeness (QED) is 0.847. The molecule has 1 aliphatic heterocycles. The van der Waals surface area contributed by atoms with E-state index in [1.807, 2.05) is 42.5 Å². The number of hydrogen-bond donors (Lipinski definition) is 0. The molecule has 4 nitrogen and oxygen atoms in total. The number of rotatable bonds is 2. The molecule has 0 aliphatic carbocycles. The fourth-order valence-electron chi connectivity index (χ4n) is 2.42. The van der Waals surface area contributed by atoms with Crippen LogP contribution in [-0.2, 0) is 11.2 Å². The van der Waals surface area contributed by atoms with E-state index in [4.69, 9.17) is 4.98 Å². The zero-order valence-electron chi connectivity index (χ0n) is 12.2. The minimum Gasteiger partial charge on any atom is -0.312 e. The third-order valence-corrected chi connectivity index (χ3v) is 3.67. The molecule has 3 rings (SSSR count). The van der Waals surface area contributed by atoms with Crippen molar-refractivity contribution in [2.75, 3.05) is 18.5 Å². The normalized spacial score (nSPS) is 14.5. The van der Waals surface area contributed by atoms with Crippen molar-refractivity contribution in [1.29, 1.82) is 0 Å². The number of amides is 1. The zero-order valence-corrected chi connectivity index (χ0v) is 12.2. The van der Waals surface area contributed by atoms with Crippen LogP contribution in [0.1, 0.15) is 23.9 Å². The standard InChI is InChI=1S/C17H17N3O/c1-3-13-9-10-14-17(19-13)16(12-7-5-4-6-8-12)18-11-15(21)20(14)2/h4-10H,3,11H2,1-2H3. The van der Waals surface area contributed by atoms with Crippen LogP contribution in [0.25, 0.3) is 0 Å². The van der Waals surface area contributed by atoms with Crippen molar-refractivity contribution in [1.82, 2.24) is 4.98 Å². The maximum atomic E-state index is 12.1. The first-order chi connectivity index (χ1) is 10.2. The molecule has 0 saturated heterocycles. The number of nitrogens with zero attached hydrogens (tertiary/aromatic N) is 3. The second kappa shape index (κ2) is 5.48. The summed E-state index contributed by atoms with van der Waals surface area (Å²) in [6.07, 6.45) is 0.854. The van der Waals surface area contributed by atoms with Crippen molar-refractivity contribution in [3.05, 3.63) is 59.4 Å². The number of aliphatic imine (C=N–C) groups is 1. The Kier molecular flexibility index (Phi) is 3.52. The molecule has 0 atom stereocenters. The Hall–Kier alpha value is -2.49. The monoisotopic (exact) mass is 279 g/mol. The number of benzene rings is 1. The first-order valence-electron chi connectivity index (χ1n) is 7.07. The maximum absolute atomic E-state index is 12.1. The number of aryl methyl sites for hydroxylation is 1. The van der Waals surface area contributed by atoms with Gasteiger partial charge < -0.3 is 4.90 Å². The van der Waals surface area contributed by atoms with Gasteiger partial charge in [-0.2, -0.15) is 0 Å². The summed E-state index contributed by atoms with van der Waals surface area (Å²) in [5.74, 6) is -0.0202. The fraction of sp³-hybridized carbons (Fsp3) is 0.235. The van der Waals surface area contributed by atoms with Crippen molar-refractivity contribution in [2.24, 2.45) is 4.99 Å². The van der Waals surface area contributed by atoms with Gasteiger partial charge in [0.05, 0.1) is 11.4 Å². The molecule has 2 heterocycles. The van der Waals surface area contributed by atoms with E-state index >= 15 is 0 Å². The van der Waals surface area contributed by atoms with Crippen LogP contribution < -0.4 is 4.90 Å². The van der Waals surface area contributed by atoms with E-state index in [0.29, 0.717) is 0 Å². The van der Waals surface area contributed by atoms with E-state index in [-0.39, 0.29) is 12.5 Å². The predicted molar refractivity (Wildman–Crippen MR) is 84.0 cm³/mol. The lowest BCUT2D eigenvalue weighted by Crippen LogP contribution is -2.28. The third-order valence-electron chi connectivity index (χ3n) is 3.67. The summed E-state index contributed by atoms with van der Waals surface area (Å²) in [5, 5.41) is 0. The average molecular weight is 279 g/mol. The van der Waals surface area contributed by atoms with Gasteiger partial charge in [0.2, 0.25) is 5.91 Å². The van der Waals surface area contributed by atoms with Crippen LogP contribution in [0.2, 0.25) is 0 Å². The second-order valence-electron chi connectivity index (χ2n) is 5.01. The second-order valence-corrected chi connectivity index (χ2v) is 5.01. The van der Waals surface area contributed by atoms with Crippen molar-refractivity contribution >= 4 is 17.3 Å². The largest absolute Gasteiger partial charge is 0.312 e. The van der Waals surface area contributed by atoms with E-state index < -0.39 is 0 Å². The number of likely N-dealkylation sites (N-methyl/N-ethyl adjacent to an activating group) is 1. The molecule has 0 radical (unpaired) electrons. The molecule has 0 spiro atoms. The van der Waals surface area contributed by atoms with Crippen LogP contribution >= 0.6 is 0 Å². The van der Waals surface area contributed by atoms with Gasteiger partial charge in [0.25, 0.3) is 0 Å². The lowest BCUT2D eigenvalue weighted by Gasteiger charge is -2.17. The highest BCUT2D eigenvalue weighted by Gasteiger charge is 2.23. The van der Waals surface area contributed by atoms with Gasteiger partial charge in [0, 0.05) is 18.3 Å². The Balaban J connectivity index is 2.22. The van der Waals surface area contributed by atoms with Crippen molar-refractivity contribution in [2.45, 2.75) is 13.3 Å². The summed E-state index contributed by atoms with van der Waals surface area (Å²) in [5.41, 5.74) is 4.38. The SMILES string of the molecule is CCc1ccc2c(n1)C(c1ccccc1)=NCC(=O)N2C.